The predicted octanol–water partition coefficient (Wildman–Crippen LogP) is 13.4. The second-order valence-corrected chi connectivity index (χ2v) is 20.2. The van der Waals surface area contributed by atoms with Gasteiger partial charge in [0.25, 0.3) is 0 Å². The first-order valence-electron chi connectivity index (χ1n) is 25.5. The molecule has 3 unspecified atom stereocenters. The molecule has 1 aliphatic rings. The highest BCUT2D eigenvalue weighted by Crippen LogP contribution is 2.43. The van der Waals surface area contributed by atoms with Gasteiger partial charge in [0.05, 0.1) is 40.0 Å². The number of likely N-dealkylation sites (N-methyl/N-ethyl adjacent to an activating group) is 1. The fourth-order valence-electron chi connectivity index (χ4n) is 7.32. The van der Waals surface area contributed by atoms with Gasteiger partial charge < -0.3 is 28.0 Å². The molecule has 2 rings (SSSR count). The number of hydrogen-bond acceptors (Lipinski definition) is 9. The van der Waals surface area contributed by atoms with Crippen molar-refractivity contribution in [2.24, 2.45) is 0 Å². The zero-order chi connectivity index (χ0) is 48.3. The molecule has 0 aliphatic carbocycles. The number of carbonyl (C=O) groups is 2. The van der Waals surface area contributed by atoms with Gasteiger partial charge in [-0.15, -0.1) is 0 Å². The standard InChI is InChI=1S/C54H90NO10P/c1-8-10-30-36-49-46(3)47(4)50(64-49)37-32-26-22-18-16-17-20-24-28-34-40-53(56)60-44-48(45-62-66(58,59)61-43-42-55(5,6)7)63-54(57)41-35-29-25-21-15-13-12-14-19-23-27-33-39-52-51(65-52)38-31-11-9-2/h11,13-15,19,25,27,29,31,33,48,51-52H,8-10,12,16-18,20-24,26,28,30,32,34-45H2,1-7H3/p+1/b15-13-,19-14-,29-25-,31-11-,33-27-/t48-,51?,52?/m1/s1. The maximum Gasteiger partial charge on any atom is 0.472 e. The van der Waals surface area contributed by atoms with Crippen LogP contribution < -0.4 is 0 Å². The molecule has 0 spiro atoms. The third-order valence-corrected chi connectivity index (χ3v) is 12.7. The summed E-state index contributed by atoms with van der Waals surface area (Å²) in [7, 11) is 1.40. The molecular formula is C54H91NO10P+. The molecule has 1 aromatic rings. The molecule has 1 saturated heterocycles. The number of ether oxygens (including phenoxy) is 3. The van der Waals surface area contributed by atoms with Crippen LogP contribution in [0.3, 0.4) is 0 Å². The van der Waals surface area contributed by atoms with Gasteiger partial charge in [-0.05, 0) is 89.2 Å². The summed E-state index contributed by atoms with van der Waals surface area (Å²) in [6, 6.07) is 0. The van der Waals surface area contributed by atoms with Crippen molar-refractivity contribution in [3.8, 4) is 0 Å². The Balaban J connectivity index is 1.61. The molecule has 0 aromatic carbocycles. The van der Waals surface area contributed by atoms with Crippen LogP contribution in [0.25, 0.3) is 0 Å². The first-order valence-corrected chi connectivity index (χ1v) is 27.0. The van der Waals surface area contributed by atoms with Crippen LogP contribution in [0, 0.1) is 13.8 Å². The van der Waals surface area contributed by atoms with E-state index in [1.807, 2.05) is 33.3 Å². The van der Waals surface area contributed by atoms with Gasteiger partial charge >= 0.3 is 19.8 Å². The second-order valence-electron chi connectivity index (χ2n) is 18.8. The number of phosphoric ester groups is 1. The van der Waals surface area contributed by atoms with E-state index in [1.165, 1.54) is 80.4 Å². The number of esters is 2. The molecule has 11 nitrogen and oxygen atoms in total. The van der Waals surface area contributed by atoms with Gasteiger partial charge in [-0.3, -0.25) is 18.6 Å². The fraction of sp³-hybridized carbons (Fsp3) is 0.704. The maximum absolute atomic E-state index is 12.7. The lowest BCUT2D eigenvalue weighted by molar-refractivity contribution is -0.870. The van der Waals surface area contributed by atoms with E-state index in [0.29, 0.717) is 36.1 Å². The number of hydrogen-bond donors (Lipinski definition) is 1. The van der Waals surface area contributed by atoms with E-state index in [-0.39, 0.29) is 26.1 Å². The molecule has 0 bridgehead atoms. The van der Waals surface area contributed by atoms with Crippen LogP contribution >= 0.6 is 7.82 Å². The Morgan fingerprint density at radius 2 is 1.17 bits per heavy atom. The highest BCUT2D eigenvalue weighted by molar-refractivity contribution is 7.47. The summed E-state index contributed by atoms with van der Waals surface area (Å²) in [4.78, 5) is 35.6. The lowest BCUT2D eigenvalue weighted by Gasteiger charge is -2.24. The number of nitrogens with zero attached hydrogens (tertiary/aromatic N) is 1. The first kappa shape index (κ1) is 59.1. The summed E-state index contributed by atoms with van der Waals surface area (Å²) >= 11 is 0. The Morgan fingerprint density at radius 3 is 1.73 bits per heavy atom. The normalized spacial score (nSPS) is 17.0. The molecule has 0 amide bonds. The van der Waals surface area contributed by atoms with Gasteiger partial charge in [-0.2, -0.15) is 0 Å². The Morgan fingerprint density at radius 1 is 0.652 bits per heavy atom. The molecule has 1 aromatic heterocycles. The van der Waals surface area contributed by atoms with E-state index in [0.717, 1.165) is 70.6 Å². The average molecular weight is 945 g/mol. The fourth-order valence-corrected chi connectivity index (χ4v) is 8.06. The second kappa shape index (κ2) is 36.0. The largest absolute Gasteiger partial charge is 0.472 e. The third kappa shape index (κ3) is 31.1. The van der Waals surface area contributed by atoms with Crippen molar-refractivity contribution < 1.29 is 51.2 Å². The summed E-state index contributed by atoms with van der Waals surface area (Å²) in [6.07, 6.45) is 44.3. The van der Waals surface area contributed by atoms with E-state index in [2.05, 4.69) is 76.3 Å². The number of unbranched alkanes of at least 4 members (excludes halogenated alkanes) is 11. The van der Waals surface area contributed by atoms with E-state index in [4.69, 9.17) is 27.7 Å². The Labute approximate surface area is 400 Å². The minimum absolute atomic E-state index is 0.00821. The van der Waals surface area contributed by atoms with Crippen molar-refractivity contribution in [2.45, 2.75) is 200 Å². The van der Waals surface area contributed by atoms with Gasteiger partial charge in [-0.1, -0.05) is 139 Å². The number of allylic oxidation sites excluding steroid dienone is 8. The summed E-state index contributed by atoms with van der Waals surface area (Å²) in [5.41, 5.74) is 2.69. The molecule has 1 aliphatic heterocycles. The van der Waals surface area contributed by atoms with Crippen molar-refractivity contribution in [3.05, 3.63) is 83.4 Å². The monoisotopic (exact) mass is 945 g/mol. The van der Waals surface area contributed by atoms with Crippen LogP contribution in [-0.4, -0.2) is 87.1 Å². The Kier molecular flexibility index (Phi) is 32.2. The highest BCUT2D eigenvalue weighted by atomic mass is 31.2. The Hall–Kier alpha value is -3.05. The topological polar surface area (TPSA) is 134 Å². The number of aryl methyl sites for hydroxylation is 2. The highest BCUT2D eigenvalue weighted by Gasteiger charge is 2.36. The number of rotatable bonds is 41. The van der Waals surface area contributed by atoms with Gasteiger partial charge in [0.2, 0.25) is 0 Å². The smallest absolute Gasteiger partial charge is 0.466 e. The third-order valence-electron chi connectivity index (χ3n) is 11.7. The quantitative estimate of drug-likeness (QED) is 0.0169. The van der Waals surface area contributed by atoms with E-state index in [9.17, 15) is 19.0 Å². The lowest BCUT2D eigenvalue weighted by atomic mass is 10.0. The first-order chi connectivity index (χ1) is 31.7. The van der Waals surface area contributed by atoms with Crippen molar-refractivity contribution >= 4 is 19.8 Å². The Bertz CT molecular complexity index is 1650. The molecule has 2 heterocycles. The van der Waals surface area contributed by atoms with Gasteiger partial charge in [0.15, 0.2) is 6.10 Å². The predicted molar refractivity (Wildman–Crippen MR) is 268 cm³/mol. The maximum atomic E-state index is 12.7. The van der Waals surface area contributed by atoms with Crippen LogP contribution in [0.2, 0.25) is 0 Å². The molecule has 1 fully saturated rings. The molecule has 0 radical (unpaired) electrons. The van der Waals surface area contributed by atoms with Crippen LogP contribution in [-0.2, 0) is 50.3 Å². The van der Waals surface area contributed by atoms with Crippen LogP contribution in [0.1, 0.15) is 178 Å². The van der Waals surface area contributed by atoms with Crippen LogP contribution in [0.4, 0.5) is 0 Å². The SMILES string of the molecule is CC/C=C\CC1OC1C/C=C\C/C=C\C/C=C\C/C=C\CCC(=O)O[C@H](COC(=O)CCCCCCCCCCCCc1oc(CCCCC)c(C)c1C)COP(=O)(O)OCC[N+](C)(C)C. The zero-order valence-electron chi connectivity index (χ0n) is 42.3. The van der Waals surface area contributed by atoms with Crippen LogP contribution in [0.5, 0.6) is 0 Å². The van der Waals surface area contributed by atoms with E-state index < -0.39 is 32.5 Å². The van der Waals surface area contributed by atoms with E-state index in [1.54, 1.807) is 0 Å². The van der Waals surface area contributed by atoms with E-state index >= 15 is 0 Å². The average Bonchev–Trinajstić information content (AvgIpc) is 3.97. The summed E-state index contributed by atoms with van der Waals surface area (Å²) in [5, 5.41) is 0. The van der Waals surface area contributed by atoms with Gasteiger partial charge in [-0.25, -0.2) is 4.57 Å². The summed E-state index contributed by atoms with van der Waals surface area (Å²) < 4.78 is 46.3. The molecule has 12 heteroatoms. The molecule has 0 saturated carbocycles. The number of epoxide rings is 1. The molecule has 4 atom stereocenters. The molecular weight excluding hydrogens is 854 g/mol. The summed E-state index contributed by atoms with van der Waals surface area (Å²) in [6.45, 7) is 8.56. The summed E-state index contributed by atoms with van der Waals surface area (Å²) in [5.74, 6) is 1.45. The molecule has 376 valence electrons. The molecule has 1 N–H and O–H groups in total. The van der Waals surface area contributed by atoms with Crippen molar-refractivity contribution in [3.63, 3.8) is 0 Å². The number of furan rings is 1. The van der Waals surface area contributed by atoms with Crippen LogP contribution in [0.15, 0.2) is 65.2 Å². The van der Waals surface area contributed by atoms with Crippen molar-refractivity contribution in [1.29, 1.82) is 0 Å². The number of quaternary nitrogens is 1. The van der Waals surface area contributed by atoms with Crippen molar-refractivity contribution in [2.75, 3.05) is 47.5 Å². The minimum Gasteiger partial charge on any atom is -0.466 e. The minimum atomic E-state index is -4.42. The zero-order valence-corrected chi connectivity index (χ0v) is 43.2. The number of phosphoric acid groups is 1. The number of carbonyl (C=O) groups excluding carboxylic acids is 2. The van der Waals surface area contributed by atoms with Crippen molar-refractivity contribution in [1.82, 2.24) is 0 Å². The molecule has 66 heavy (non-hydrogen) atoms. The van der Waals surface area contributed by atoms with Gasteiger partial charge in [0, 0.05) is 25.7 Å². The van der Waals surface area contributed by atoms with Gasteiger partial charge in [0.1, 0.15) is 31.3 Å². The lowest BCUT2D eigenvalue weighted by Crippen LogP contribution is -2.37.